The number of para-hydroxylation sites is 2. The van der Waals surface area contributed by atoms with E-state index < -0.39 is 6.09 Å². The topological polar surface area (TPSA) is 93.2 Å². The highest BCUT2D eigenvalue weighted by Gasteiger charge is 2.44. The molecule has 180 valence electrons. The van der Waals surface area contributed by atoms with Crippen molar-refractivity contribution in [3.8, 4) is 0 Å². The van der Waals surface area contributed by atoms with Crippen LogP contribution in [0.15, 0.2) is 54.6 Å². The van der Waals surface area contributed by atoms with Gasteiger partial charge in [-0.2, -0.15) is 0 Å². The summed E-state index contributed by atoms with van der Waals surface area (Å²) in [5.41, 5.74) is 1.75. The molecule has 2 unspecified atom stereocenters. The molecule has 4 rings (SSSR count). The molecule has 2 aliphatic rings. The average Bonchev–Trinajstić information content (AvgIpc) is 3.27. The van der Waals surface area contributed by atoms with Crippen LogP contribution in [0.3, 0.4) is 0 Å². The molecule has 1 saturated heterocycles. The SMILES string of the molecule is CC(C)(C)C1C(CNC(=O)N2CCN(C(=O)c3ccccc3)c3ccccc32)CCN1C(=O)O. The van der Waals surface area contributed by atoms with Crippen molar-refractivity contribution in [1.82, 2.24) is 10.2 Å². The van der Waals surface area contributed by atoms with Crippen LogP contribution in [-0.2, 0) is 0 Å². The fraction of sp³-hybridized carbons (Fsp3) is 0.423. The predicted octanol–water partition coefficient (Wildman–Crippen LogP) is 4.28. The third-order valence-electron chi connectivity index (χ3n) is 6.69. The van der Waals surface area contributed by atoms with E-state index in [0.717, 1.165) is 0 Å². The Morgan fingerprint density at radius 2 is 1.50 bits per heavy atom. The van der Waals surface area contributed by atoms with E-state index in [4.69, 9.17) is 0 Å². The summed E-state index contributed by atoms with van der Waals surface area (Å²) >= 11 is 0. The first-order chi connectivity index (χ1) is 16.2. The number of amides is 4. The quantitative estimate of drug-likeness (QED) is 0.709. The van der Waals surface area contributed by atoms with Crippen LogP contribution in [0.1, 0.15) is 37.6 Å². The number of carbonyl (C=O) groups excluding carboxylic acids is 2. The van der Waals surface area contributed by atoms with E-state index in [9.17, 15) is 19.5 Å². The van der Waals surface area contributed by atoms with E-state index in [1.807, 2.05) is 63.2 Å². The Labute approximate surface area is 200 Å². The molecule has 34 heavy (non-hydrogen) atoms. The third-order valence-corrected chi connectivity index (χ3v) is 6.69. The number of likely N-dealkylation sites (tertiary alicyclic amines) is 1. The first-order valence-electron chi connectivity index (χ1n) is 11.7. The van der Waals surface area contributed by atoms with Crippen LogP contribution < -0.4 is 15.1 Å². The fourth-order valence-electron chi connectivity index (χ4n) is 5.29. The molecule has 2 N–H and O–H groups in total. The van der Waals surface area contributed by atoms with Gasteiger partial charge in [0, 0.05) is 37.8 Å². The second kappa shape index (κ2) is 9.37. The summed E-state index contributed by atoms with van der Waals surface area (Å²) in [5, 5.41) is 12.6. The van der Waals surface area contributed by atoms with Gasteiger partial charge in [0.1, 0.15) is 0 Å². The first-order valence-corrected chi connectivity index (χ1v) is 11.7. The first kappa shape index (κ1) is 23.6. The Hall–Kier alpha value is -3.55. The normalized spacial score (nSPS) is 20.1. The minimum atomic E-state index is -0.915. The summed E-state index contributed by atoms with van der Waals surface area (Å²) in [6.07, 6.45) is -0.202. The number of carbonyl (C=O) groups is 3. The van der Waals surface area contributed by atoms with E-state index in [0.29, 0.717) is 49.5 Å². The van der Waals surface area contributed by atoms with Gasteiger partial charge in [0.05, 0.1) is 11.4 Å². The van der Waals surface area contributed by atoms with Crippen molar-refractivity contribution in [3.63, 3.8) is 0 Å². The number of hydrogen-bond donors (Lipinski definition) is 2. The maximum atomic E-state index is 13.2. The maximum Gasteiger partial charge on any atom is 0.407 e. The van der Waals surface area contributed by atoms with Crippen LogP contribution in [0.2, 0.25) is 0 Å². The van der Waals surface area contributed by atoms with Crippen molar-refractivity contribution in [2.24, 2.45) is 11.3 Å². The second-order valence-electron chi connectivity index (χ2n) is 9.98. The Morgan fingerprint density at radius 3 is 2.12 bits per heavy atom. The number of hydrogen-bond acceptors (Lipinski definition) is 3. The fourth-order valence-corrected chi connectivity index (χ4v) is 5.29. The van der Waals surface area contributed by atoms with Crippen LogP contribution in [0.5, 0.6) is 0 Å². The molecule has 1 fully saturated rings. The van der Waals surface area contributed by atoms with Gasteiger partial charge in [-0.3, -0.25) is 9.69 Å². The summed E-state index contributed by atoms with van der Waals surface area (Å²) in [5.74, 6) is -0.0583. The second-order valence-corrected chi connectivity index (χ2v) is 9.98. The van der Waals surface area contributed by atoms with E-state index in [1.54, 1.807) is 21.9 Å². The van der Waals surface area contributed by atoms with Crippen LogP contribution in [0.25, 0.3) is 0 Å². The zero-order chi connectivity index (χ0) is 24.5. The van der Waals surface area contributed by atoms with Crippen LogP contribution in [0, 0.1) is 11.3 Å². The smallest absolute Gasteiger partial charge is 0.407 e. The molecule has 0 spiro atoms. The highest BCUT2D eigenvalue weighted by Crippen LogP contribution is 2.37. The minimum absolute atomic E-state index is 0.0382. The number of urea groups is 1. The molecule has 2 heterocycles. The zero-order valence-corrected chi connectivity index (χ0v) is 19.9. The lowest BCUT2D eigenvalue weighted by molar-refractivity contribution is 0.0912. The molecule has 0 saturated carbocycles. The number of carboxylic acid groups (broad SMARTS) is 1. The van der Waals surface area contributed by atoms with Gasteiger partial charge >= 0.3 is 12.1 Å². The van der Waals surface area contributed by atoms with Crippen molar-refractivity contribution in [1.29, 1.82) is 0 Å². The Balaban J connectivity index is 1.48. The molecule has 8 nitrogen and oxygen atoms in total. The van der Waals surface area contributed by atoms with Gasteiger partial charge in [0.25, 0.3) is 5.91 Å². The van der Waals surface area contributed by atoms with Crippen molar-refractivity contribution in [3.05, 3.63) is 60.2 Å². The highest BCUT2D eigenvalue weighted by atomic mass is 16.4. The summed E-state index contributed by atoms with van der Waals surface area (Å²) in [4.78, 5) is 42.9. The summed E-state index contributed by atoms with van der Waals surface area (Å²) < 4.78 is 0. The standard InChI is InChI=1S/C26H32N4O4/c1-26(2,3)22-19(13-14-30(22)25(33)34)17-27-24(32)29-16-15-28(20-11-7-8-12-21(20)29)23(31)18-9-5-4-6-10-18/h4-12,19,22H,13-17H2,1-3H3,(H,27,32)(H,33,34). The molecule has 0 aliphatic carbocycles. The molecule has 0 radical (unpaired) electrons. The number of rotatable bonds is 3. The molecule has 8 heteroatoms. The van der Waals surface area contributed by atoms with Gasteiger partial charge in [0.15, 0.2) is 0 Å². The number of nitrogens with zero attached hydrogens (tertiary/aromatic N) is 3. The monoisotopic (exact) mass is 464 g/mol. The molecule has 4 amide bonds. The van der Waals surface area contributed by atoms with Gasteiger partial charge in [-0.05, 0) is 42.0 Å². The van der Waals surface area contributed by atoms with Crippen molar-refractivity contribution in [2.75, 3.05) is 36.0 Å². The number of fused-ring (bicyclic) bond motifs is 1. The van der Waals surface area contributed by atoms with E-state index in [1.165, 1.54) is 4.90 Å². The number of benzene rings is 2. The summed E-state index contributed by atoms with van der Waals surface area (Å²) in [6, 6.07) is 16.1. The van der Waals surface area contributed by atoms with Crippen molar-refractivity contribution < 1.29 is 19.5 Å². The van der Waals surface area contributed by atoms with E-state index >= 15 is 0 Å². The van der Waals surface area contributed by atoms with Gasteiger partial charge in [-0.1, -0.05) is 51.1 Å². The zero-order valence-electron chi connectivity index (χ0n) is 19.9. The maximum absolute atomic E-state index is 13.2. The lowest BCUT2D eigenvalue weighted by Gasteiger charge is -2.38. The molecule has 2 aliphatic heterocycles. The Bertz CT molecular complexity index is 1070. The summed E-state index contributed by atoms with van der Waals surface area (Å²) in [7, 11) is 0. The third kappa shape index (κ3) is 4.58. The van der Waals surface area contributed by atoms with Gasteiger partial charge in [0.2, 0.25) is 0 Å². The van der Waals surface area contributed by atoms with E-state index in [-0.39, 0.29) is 29.3 Å². The lowest BCUT2D eigenvalue weighted by Crippen LogP contribution is -2.52. The average molecular weight is 465 g/mol. The molecule has 0 aromatic heterocycles. The molecule has 2 aromatic carbocycles. The summed E-state index contributed by atoms with van der Waals surface area (Å²) in [6.45, 7) is 7.73. The van der Waals surface area contributed by atoms with Crippen LogP contribution in [-0.4, -0.2) is 60.3 Å². The molecule has 2 aromatic rings. The Kier molecular flexibility index (Phi) is 6.50. The van der Waals surface area contributed by atoms with Crippen LogP contribution in [0.4, 0.5) is 21.0 Å². The van der Waals surface area contributed by atoms with Gasteiger partial charge in [-0.15, -0.1) is 0 Å². The number of nitrogens with one attached hydrogen (secondary N) is 1. The largest absolute Gasteiger partial charge is 0.465 e. The van der Waals surface area contributed by atoms with Gasteiger partial charge < -0.3 is 20.2 Å². The molecule has 0 bridgehead atoms. The van der Waals surface area contributed by atoms with Crippen LogP contribution >= 0.6 is 0 Å². The molecular weight excluding hydrogens is 432 g/mol. The molecule has 2 atom stereocenters. The van der Waals surface area contributed by atoms with Gasteiger partial charge in [-0.25, -0.2) is 9.59 Å². The number of anilines is 2. The van der Waals surface area contributed by atoms with Crippen molar-refractivity contribution in [2.45, 2.75) is 33.2 Å². The van der Waals surface area contributed by atoms with Crippen molar-refractivity contribution >= 4 is 29.4 Å². The lowest BCUT2D eigenvalue weighted by atomic mass is 9.79. The van der Waals surface area contributed by atoms with E-state index in [2.05, 4.69) is 5.32 Å². The Morgan fingerprint density at radius 1 is 0.912 bits per heavy atom. The highest BCUT2D eigenvalue weighted by molar-refractivity contribution is 6.10. The minimum Gasteiger partial charge on any atom is -0.465 e. The molecular formula is C26H32N4O4. The predicted molar refractivity (Wildman–Crippen MR) is 131 cm³/mol.